The zero-order chi connectivity index (χ0) is 19.4. The van der Waals surface area contributed by atoms with Gasteiger partial charge in [-0.2, -0.15) is 0 Å². The first-order valence-corrected chi connectivity index (χ1v) is 6.86. The molecule has 0 atom stereocenters. The zero-order valence-corrected chi connectivity index (χ0v) is 13.3. The fraction of sp³-hybridized carbons (Fsp3) is 0.125. The van der Waals surface area contributed by atoms with E-state index >= 15 is 0 Å². The maximum Gasteiger partial charge on any atom is 0.343 e. The van der Waals surface area contributed by atoms with Gasteiger partial charge in [-0.15, -0.1) is 10.2 Å². The monoisotopic (exact) mass is 370 g/mol. The average Bonchev–Trinajstić information content (AvgIpc) is 2.62. The number of carbonyl (C=O) groups is 2. The molecule has 0 spiro atoms. The summed E-state index contributed by atoms with van der Waals surface area (Å²) in [6.45, 7) is 0. The van der Waals surface area contributed by atoms with Gasteiger partial charge in [-0.1, -0.05) is 0 Å². The summed E-state index contributed by atoms with van der Waals surface area (Å²) in [5, 5.41) is 6.74. The Morgan fingerprint density at radius 3 is 1.38 bits per heavy atom. The molecule has 0 N–H and O–H groups in total. The lowest BCUT2D eigenvalue weighted by Gasteiger charge is -2.06. The Morgan fingerprint density at radius 2 is 1.08 bits per heavy atom. The molecular formula is C16H10F4N2O4. The van der Waals surface area contributed by atoms with Crippen molar-refractivity contribution in [3.8, 4) is 0 Å². The van der Waals surface area contributed by atoms with Gasteiger partial charge in [0.05, 0.1) is 14.2 Å². The van der Waals surface area contributed by atoms with E-state index in [-0.39, 0.29) is 0 Å². The maximum absolute atomic E-state index is 14.2. The molecular weight excluding hydrogens is 360 g/mol. The smallest absolute Gasteiger partial charge is 0.343 e. The lowest BCUT2D eigenvalue weighted by atomic mass is 10.1. The van der Waals surface area contributed by atoms with Crippen LogP contribution in [-0.2, 0) is 9.47 Å². The van der Waals surface area contributed by atoms with Crippen LogP contribution in [0.2, 0.25) is 0 Å². The van der Waals surface area contributed by atoms with E-state index in [1.54, 1.807) is 0 Å². The van der Waals surface area contributed by atoms with Crippen LogP contribution in [0.1, 0.15) is 20.7 Å². The van der Waals surface area contributed by atoms with E-state index in [0.29, 0.717) is 0 Å². The predicted octanol–water partition coefficient (Wildman–Crippen LogP) is 4.23. The average molecular weight is 370 g/mol. The first-order chi connectivity index (χ1) is 12.3. The molecule has 0 bridgehead atoms. The molecule has 0 radical (unpaired) electrons. The number of hydrogen-bond donors (Lipinski definition) is 0. The molecule has 26 heavy (non-hydrogen) atoms. The van der Waals surface area contributed by atoms with E-state index in [9.17, 15) is 27.2 Å². The van der Waals surface area contributed by atoms with Crippen molar-refractivity contribution in [3.63, 3.8) is 0 Å². The Labute approximate surface area is 144 Å². The number of ether oxygens (including phenoxy) is 2. The highest BCUT2D eigenvalue weighted by molar-refractivity contribution is 5.91. The van der Waals surface area contributed by atoms with Gasteiger partial charge in [-0.3, -0.25) is 0 Å². The maximum atomic E-state index is 14.2. The minimum Gasteiger partial charge on any atom is -0.465 e. The van der Waals surface area contributed by atoms with Crippen molar-refractivity contribution in [2.75, 3.05) is 14.2 Å². The van der Waals surface area contributed by atoms with Gasteiger partial charge in [0.15, 0.2) is 11.6 Å². The van der Waals surface area contributed by atoms with Gasteiger partial charge < -0.3 is 9.47 Å². The van der Waals surface area contributed by atoms with E-state index in [1.165, 1.54) is 0 Å². The summed E-state index contributed by atoms with van der Waals surface area (Å²) in [6, 6.07) is 3.18. The Kier molecular flexibility index (Phi) is 5.65. The summed E-state index contributed by atoms with van der Waals surface area (Å²) in [4.78, 5) is 22.8. The Balaban J connectivity index is 2.49. The lowest BCUT2D eigenvalue weighted by molar-refractivity contribution is 0.0580. The number of halogens is 4. The highest BCUT2D eigenvalue weighted by Gasteiger charge is 2.23. The number of hydrogen-bond acceptors (Lipinski definition) is 6. The molecule has 0 aliphatic carbocycles. The van der Waals surface area contributed by atoms with Crippen LogP contribution in [0.25, 0.3) is 0 Å². The topological polar surface area (TPSA) is 77.3 Å². The van der Waals surface area contributed by atoms with E-state index in [1.807, 2.05) is 0 Å². The number of esters is 2. The van der Waals surface area contributed by atoms with Gasteiger partial charge in [-0.25, -0.2) is 27.2 Å². The van der Waals surface area contributed by atoms with E-state index in [2.05, 4.69) is 19.7 Å². The van der Waals surface area contributed by atoms with Crippen LogP contribution in [0.3, 0.4) is 0 Å². The lowest BCUT2D eigenvalue weighted by Crippen LogP contribution is -2.08. The summed E-state index contributed by atoms with van der Waals surface area (Å²) >= 11 is 0. The van der Waals surface area contributed by atoms with Gasteiger partial charge in [0.25, 0.3) is 0 Å². The van der Waals surface area contributed by atoms with Crippen molar-refractivity contribution in [2.24, 2.45) is 10.2 Å². The molecule has 0 fully saturated rings. The first kappa shape index (κ1) is 19.0. The summed E-state index contributed by atoms with van der Waals surface area (Å²) in [5.74, 6) is -7.69. The van der Waals surface area contributed by atoms with Crippen molar-refractivity contribution in [1.82, 2.24) is 0 Å². The fourth-order valence-corrected chi connectivity index (χ4v) is 1.92. The summed E-state index contributed by atoms with van der Waals surface area (Å²) in [7, 11) is 1.86. The van der Waals surface area contributed by atoms with Gasteiger partial charge in [0.2, 0.25) is 0 Å². The van der Waals surface area contributed by atoms with Crippen LogP contribution in [0.15, 0.2) is 34.5 Å². The van der Waals surface area contributed by atoms with Crippen LogP contribution in [-0.4, -0.2) is 26.2 Å². The van der Waals surface area contributed by atoms with Crippen molar-refractivity contribution in [2.45, 2.75) is 0 Å². The Morgan fingerprint density at radius 1 is 0.731 bits per heavy atom. The minimum atomic E-state index is -1.38. The largest absolute Gasteiger partial charge is 0.465 e. The minimum absolute atomic E-state index is 0.602. The molecule has 136 valence electrons. The van der Waals surface area contributed by atoms with Gasteiger partial charge in [-0.05, 0) is 24.3 Å². The van der Waals surface area contributed by atoms with E-state index < -0.39 is 57.7 Å². The molecule has 10 heteroatoms. The second-order valence-corrected chi connectivity index (χ2v) is 4.69. The molecule has 0 aromatic heterocycles. The molecule has 2 rings (SSSR count). The number of carbonyl (C=O) groups excluding carboxylic acids is 2. The second kappa shape index (κ2) is 7.72. The van der Waals surface area contributed by atoms with Gasteiger partial charge in [0.1, 0.15) is 34.1 Å². The number of azo groups is 1. The number of methoxy groups -OCH3 is 2. The second-order valence-electron chi connectivity index (χ2n) is 4.69. The van der Waals surface area contributed by atoms with Crippen LogP contribution < -0.4 is 0 Å². The highest BCUT2D eigenvalue weighted by Crippen LogP contribution is 2.29. The normalized spacial score (nSPS) is 10.8. The molecule has 6 nitrogen and oxygen atoms in total. The molecule has 2 aromatic carbocycles. The fourth-order valence-electron chi connectivity index (χ4n) is 1.92. The van der Waals surface area contributed by atoms with Crippen LogP contribution in [0.4, 0.5) is 28.9 Å². The van der Waals surface area contributed by atoms with Crippen molar-refractivity contribution in [3.05, 3.63) is 58.7 Å². The molecule has 0 heterocycles. The summed E-state index contributed by atoms with van der Waals surface area (Å²) < 4.78 is 64.0. The molecule has 0 aliphatic rings. The quantitative estimate of drug-likeness (QED) is 0.458. The Hall–Kier alpha value is -3.30. The van der Waals surface area contributed by atoms with E-state index in [4.69, 9.17) is 0 Å². The third kappa shape index (κ3) is 3.53. The van der Waals surface area contributed by atoms with E-state index in [0.717, 1.165) is 38.5 Å². The van der Waals surface area contributed by atoms with Crippen LogP contribution in [0.5, 0.6) is 0 Å². The molecule has 0 aliphatic heterocycles. The first-order valence-electron chi connectivity index (χ1n) is 6.86. The molecule has 0 unspecified atom stereocenters. The summed E-state index contributed by atoms with van der Waals surface area (Å²) in [6.07, 6.45) is 0. The number of rotatable bonds is 4. The molecule has 2 aromatic rings. The predicted molar refractivity (Wildman–Crippen MR) is 79.6 cm³/mol. The van der Waals surface area contributed by atoms with Crippen molar-refractivity contribution < 1.29 is 36.6 Å². The van der Waals surface area contributed by atoms with Gasteiger partial charge >= 0.3 is 11.9 Å². The van der Waals surface area contributed by atoms with Gasteiger partial charge in [0, 0.05) is 0 Å². The SMILES string of the molecule is COC(=O)c1c(F)ccc(N=Nc2ccc(F)c(C(=O)OC)c2F)c1F. The molecule has 0 amide bonds. The molecule has 0 saturated carbocycles. The third-order valence-corrected chi connectivity index (χ3v) is 3.19. The zero-order valence-electron chi connectivity index (χ0n) is 13.3. The number of benzene rings is 2. The summed E-state index contributed by atoms with van der Waals surface area (Å²) in [5.41, 5.74) is -3.21. The highest BCUT2D eigenvalue weighted by atomic mass is 19.1. The Bertz CT molecular complexity index is 842. The van der Waals surface area contributed by atoms with Crippen LogP contribution in [0, 0.1) is 23.3 Å². The molecule has 0 saturated heterocycles. The third-order valence-electron chi connectivity index (χ3n) is 3.19. The van der Waals surface area contributed by atoms with Crippen molar-refractivity contribution >= 4 is 23.3 Å². The number of nitrogens with zero attached hydrogens (tertiary/aromatic N) is 2. The standard InChI is InChI=1S/C16H10F4N2O4/c1-25-15(23)11-7(17)3-5-9(13(11)19)21-22-10-6-4-8(18)12(14(10)20)16(24)26-2/h3-6H,1-2H3. The van der Waals surface area contributed by atoms with Crippen molar-refractivity contribution in [1.29, 1.82) is 0 Å². The van der Waals surface area contributed by atoms with Crippen LogP contribution >= 0.6 is 0 Å².